The summed E-state index contributed by atoms with van der Waals surface area (Å²) in [5.41, 5.74) is 0.382. The number of nitrogens with one attached hydrogen (secondary N) is 1. The Bertz CT molecular complexity index is 473. The first-order valence-electron chi connectivity index (χ1n) is 4.68. The number of benzene rings is 1. The molecule has 4 nitrogen and oxygen atoms in total. The molecule has 6 heteroatoms. The van der Waals surface area contributed by atoms with Crippen LogP contribution in [0.1, 0.15) is 17.7 Å². The van der Waals surface area contributed by atoms with Crippen molar-refractivity contribution in [3.8, 4) is 5.75 Å². The van der Waals surface area contributed by atoms with Crippen molar-refractivity contribution >= 4 is 10.0 Å². The number of ether oxygens (including phenoxy) is 1. The number of sulfonamides is 1. The summed E-state index contributed by atoms with van der Waals surface area (Å²) < 4.78 is 43.3. The van der Waals surface area contributed by atoms with Gasteiger partial charge in [0.05, 0.1) is 12.4 Å². The molecular weight excluding hydrogens is 233 g/mol. The van der Waals surface area contributed by atoms with Gasteiger partial charge in [-0.1, -0.05) is 6.07 Å². The molecule has 0 aliphatic rings. The predicted octanol–water partition coefficient (Wildman–Crippen LogP) is 1.44. The highest BCUT2D eigenvalue weighted by Gasteiger charge is 2.21. The van der Waals surface area contributed by atoms with Gasteiger partial charge in [-0.2, -0.15) is 0 Å². The van der Waals surface area contributed by atoms with Crippen molar-refractivity contribution in [1.82, 2.24) is 4.72 Å². The molecule has 0 spiro atoms. The van der Waals surface area contributed by atoms with Crippen molar-refractivity contribution in [3.63, 3.8) is 0 Å². The summed E-state index contributed by atoms with van der Waals surface area (Å²) in [5, 5.41) is -0.807. The Morgan fingerprint density at radius 3 is 2.50 bits per heavy atom. The van der Waals surface area contributed by atoms with E-state index in [1.54, 1.807) is 0 Å². The molecule has 0 amide bonds. The summed E-state index contributed by atoms with van der Waals surface area (Å²) in [6.07, 6.45) is 0. The molecule has 16 heavy (non-hydrogen) atoms. The fourth-order valence-electron chi connectivity index (χ4n) is 1.29. The topological polar surface area (TPSA) is 55.4 Å². The lowest BCUT2D eigenvalue weighted by Crippen LogP contribution is -2.24. The zero-order chi connectivity index (χ0) is 12.3. The van der Waals surface area contributed by atoms with E-state index in [0.29, 0.717) is 5.56 Å². The molecule has 0 saturated carbocycles. The van der Waals surface area contributed by atoms with Crippen LogP contribution in [0, 0.1) is 5.82 Å². The normalized spacial score (nSPS) is 13.5. The van der Waals surface area contributed by atoms with Gasteiger partial charge in [0.2, 0.25) is 10.0 Å². The van der Waals surface area contributed by atoms with Gasteiger partial charge in [0.15, 0.2) is 11.6 Å². The maximum atomic E-state index is 13.4. The number of hydrogen-bond donors (Lipinski definition) is 1. The van der Waals surface area contributed by atoms with Gasteiger partial charge in [0.25, 0.3) is 0 Å². The number of methoxy groups -OCH3 is 1. The fraction of sp³-hybridized carbons (Fsp3) is 0.400. The van der Waals surface area contributed by atoms with Crippen LogP contribution in [0.4, 0.5) is 4.39 Å². The van der Waals surface area contributed by atoms with Crippen molar-refractivity contribution in [2.45, 2.75) is 12.2 Å². The first-order chi connectivity index (χ1) is 7.42. The first kappa shape index (κ1) is 12.9. The Labute approximate surface area is 94.5 Å². The summed E-state index contributed by atoms with van der Waals surface area (Å²) in [7, 11) is -0.767. The molecule has 0 bridgehead atoms. The van der Waals surface area contributed by atoms with E-state index in [9.17, 15) is 12.8 Å². The van der Waals surface area contributed by atoms with Crippen molar-refractivity contribution in [1.29, 1.82) is 0 Å². The molecule has 1 N–H and O–H groups in total. The van der Waals surface area contributed by atoms with E-state index >= 15 is 0 Å². The quantitative estimate of drug-likeness (QED) is 0.876. The van der Waals surface area contributed by atoms with Crippen LogP contribution in [0.3, 0.4) is 0 Å². The first-order valence-corrected chi connectivity index (χ1v) is 6.22. The Balaban J connectivity index is 3.12. The summed E-state index contributed by atoms with van der Waals surface area (Å²) in [5.74, 6) is -0.476. The van der Waals surface area contributed by atoms with Crippen LogP contribution >= 0.6 is 0 Å². The smallest absolute Gasteiger partial charge is 0.218 e. The molecule has 1 unspecified atom stereocenters. The largest absolute Gasteiger partial charge is 0.494 e. The molecule has 0 heterocycles. The van der Waals surface area contributed by atoms with Gasteiger partial charge in [-0.25, -0.2) is 17.5 Å². The second-order valence-corrected chi connectivity index (χ2v) is 5.49. The number of halogens is 1. The lowest BCUT2D eigenvalue weighted by Gasteiger charge is -2.13. The lowest BCUT2D eigenvalue weighted by molar-refractivity contribution is 0.386. The molecule has 0 aliphatic carbocycles. The molecule has 0 aromatic heterocycles. The predicted molar refractivity (Wildman–Crippen MR) is 59.3 cm³/mol. The van der Waals surface area contributed by atoms with Crippen LogP contribution in [-0.2, 0) is 10.0 Å². The van der Waals surface area contributed by atoms with E-state index in [-0.39, 0.29) is 5.75 Å². The van der Waals surface area contributed by atoms with E-state index in [1.165, 1.54) is 39.3 Å². The van der Waals surface area contributed by atoms with Crippen LogP contribution in [0.5, 0.6) is 5.75 Å². The minimum atomic E-state index is -3.45. The average Bonchev–Trinajstić information content (AvgIpc) is 2.27. The molecule has 0 radical (unpaired) electrons. The van der Waals surface area contributed by atoms with Gasteiger partial charge in [0, 0.05) is 0 Å². The van der Waals surface area contributed by atoms with Gasteiger partial charge in [-0.15, -0.1) is 0 Å². The third kappa shape index (κ3) is 2.51. The van der Waals surface area contributed by atoms with Gasteiger partial charge in [-0.05, 0) is 31.7 Å². The molecule has 0 saturated heterocycles. The summed E-state index contributed by atoms with van der Waals surface area (Å²) in [6, 6.07) is 4.10. The Hall–Kier alpha value is -1.14. The van der Waals surface area contributed by atoms with E-state index in [2.05, 4.69) is 4.72 Å². The molecular formula is C10H14FNO3S. The standard InChI is InChI=1S/C10H14FNO3S/c1-7(16(13,14)12-2)8-4-5-10(15-3)9(11)6-8/h4-7,12H,1-3H3. The van der Waals surface area contributed by atoms with E-state index in [4.69, 9.17) is 4.74 Å². The van der Waals surface area contributed by atoms with Crippen molar-refractivity contribution in [2.75, 3.05) is 14.2 Å². The van der Waals surface area contributed by atoms with Gasteiger partial charge < -0.3 is 4.74 Å². The maximum Gasteiger partial charge on any atom is 0.218 e. The SMILES string of the molecule is CNS(=O)(=O)C(C)c1ccc(OC)c(F)c1. The molecule has 90 valence electrons. The minimum Gasteiger partial charge on any atom is -0.494 e. The zero-order valence-electron chi connectivity index (χ0n) is 9.32. The highest BCUT2D eigenvalue weighted by atomic mass is 32.2. The fourth-order valence-corrected chi connectivity index (χ4v) is 2.15. The molecule has 0 aliphatic heterocycles. The average molecular weight is 247 g/mol. The summed E-state index contributed by atoms with van der Waals surface area (Å²) in [6.45, 7) is 1.49. The Kier molecular flexibility index (Phi) is 3.88. The van der Waals surface area contributed by atoms with Crippen LogP contribution in [-0.4, -0.2) is 22.6 Å². The van der Waals surface area contributed by atoms with Gasteiger partial charge in [0.1, 0.15) is 0 Å². The van der Waals surface area contributed by atoms with Crippen LogP contribution < -0.4 is 9.46 Å². The van der Waals surface area contributed by atoms with E-state index in [1.807, 2.05) is 0 Å². The van der Waals surface area contributed by atoms with Crippen molar-refractivity contribution in [2.24, 2.45) is 0 Å². The minimum absolute atomic E-state index is 0.0952. The Morgan fingerprint density at radius 2 is 2.06 bits per heavy atom. The molecule has 1 aromatic carbocycles. The van der Waals surface area contributed by atoms with Gasteiger partial charge >= 0.3 is 0 Å². The summed E-state index contributed by atoms with van der Waals surface area (Å²) >= 11 is 0. The third-order valence-corrected chi connectivity index (χ3v) is 4.17. The van der Waals surface area contributed by atoms with Crippen molar-refractivity contribution in [3.05, 3.63) is 29.6 Å². The maximum absolute atomic E-state index is 13.4. The number of hydrogen-bond acceptors (Lipinski definition) is 3. The molecule has 1 atom stereocenters. The lowest BCUT2D eigenvalue weighted by atomic mass is 10.1. The van der Waals surface area contributed by atoms with Crippen LogP contribution in [0.25, 0.3) is 0 Å². The zero-order valence-corrected chi connectivity index (χ0v) is 10.1. The second kappa shape index (κ2) is 4.80. The van der Waals surface area contributed by atoms with Crippen molar-refractivity contribution < 1.29 is 17.5 Å². The number of rotatable bonds is 4. The summed E-state index contributed by atoms with van der Waals surface area (Å²) in [4.78, 5) is 0. The van der Waals surface area contributed by atoms with Crippen LogP contribution in [0.2, 0.25) is 0 Å². The van der Waals surface area contributed by atoms with E-state index < -0.39 is 21.1 Å². The molecule has 1 rings (SSSR count). The molecule has 0 fully saturated rings. The second-order valence-electron chi connectivity index (χ2n) is 3.29. The van der Waals surface area contributed by atoms with E-state index in [0.717, 1.165) is 0 Å². The highest BCUT2D eigenvalue weighted by molar-refractivity contribution is 7.89. The highest BCUT2D eigenvalue weighted by Crippen LogP contribution is 2.25. The van der Waals surface area contributed by atoms with Gasteiger partial charge in [-0.3, -0.25) is 0 Å². The Morgan fingerprint density at radius 1 is 1.44 bits per heavy atom. The van der Waals surface area contributed by atoms with Crippen LogP contribution in [0.15, 0.2) is 18.2 Å². The molecule has 1 aromatic rings. The monoisotopic (exact) mass is 247 g/mol. The third-order valence-electron chi connectivity index (χ3n) is 2.40.